The maximum Gasteiger partial charge on any atom is 0.452 e. The third kappa shape index (κ3) is 5.67. The van der Waals surface area contributed by atoms with E-state index in [0.717, 1.165) is 6.42 Å². The standard InChI is InChI=1S/C9H18BNO2/c1-7(2)8(3)4-9(6-11)5-10(12)13/h7-9,12-13H,4-5H2,1-3H3. The lowest BCUT2D eigenvalue weighted by Crippen LogP contribution is -2.18. The fourth-order valence-electron chi connectivity index (χ4n) is 1.18. The highest BCUT2D eigenvalue weighted by Crippen LogP contribution is 2.22. The van der Waals surface area contributed by atoms with Crippen molar-refractivity contribution in [2.75, 3.05) is 0 Å². The van der Waals surface area contributed by atoms with Crippen molar-refractivity contribution in [3.05, 3.63) is 0 Å². The van der Waals surface area contributed by atoms with Gasteiger partial charge >= 0.3 is 7.12 Å². The minimum Gasteiger partial charge on any atom is -0.427 e. The third-order valence-electron chi connectivity index (χ3n) is 2.47. The zero-order chi connectivity index (χ0) is 10.4. The molecule has 0 aromatic carbocycles. The van der Waals surface area contributed by atoms with Crippen LogP contribution in [0.3, 0.4) is 0 Å². The summed E-state index contributed by atoms with van der Waals surface area (Å²) in [5.41, 5.74) is 0. The molecule has 2 N–H and O–H groups in total. The summed E-state index contributed by atoms with van der Waals surface area (Å²) < 4.78 is 0. The quantitative estimate of drug-likeness (QED) is 0.631. The van der Waals surface area contributed by atoms with Crippen LogP contribution >= 0.6 is 0 Å². The molecule has 0 bridgehead atoms. The van der Waals surface area contributed by atoms with E-state index in [0.29, 0.717) is 11.8 Å². The Kier molecular flexibility index (Phi) is 5.77. The van der Waals surface area contributed by atoms with E-state index in [1.165, 1.54) is 0 Å². The Labute approximate surface area is 80.5 Å². The highest BCUT2D eigenvalue weighted by molar-refractivity contribution is 6.41. The molecule has 0 aromatic rings. The molecule has 0 fully saturated rings. The molecule has 0 aliphatic heterocycles. The zero-order valence-electron chi connectivity index (χ0n) is 8.57. The average molecular weight is 183 g/mol. The van der Waals surface area contributed by atoms with Crippen LogP contribution in [0.1, 0.15) is 27.2 Å². The van der Waals surface area contributed by atoms with E-state index < -0.39 is 7.12 Å². The van der Waals surface area contributed by atoms with Crippen LogP contribution < -0.4 is 0 Å². The van der Waals surface area contributed by atoms with Gasteiger partial charge in [-0.15, -0.1) is 0 Å². The maximum atomic E-state index is 8.73. The molecule has 0 aromatic heterocycles. The highest BCUT2D eigenvalue weighted by atomic mass is 16.4. The van der Waals surface area contributed by atoms with Gasteiger partial charge in [-0.2, -0.15) is 5.26 Å². The lowest BCUT2D eigenvalue weighted by atomic mass is 9.75. The normalized spacial score (nSPS) is 15.2. The van der Waals surface area contributed by atoms with Gasteiger partial charge in [0.2, 0.25) is 0 Å². The van der Waals surface area contributed by atoms with Crippen molar-refractivity contribution in [1.29, 1.82) is 5.26 Å². The van der Waals surface area contributed by atoms with Crippen molar-refractivity contribution < 1.29 is 10.0 Å². The maximum absolute atomic E-state index is 8.73. The second-order valence-electron chi connectivity index (χ2n) is 4.00. The van der Waals surface area contributed by atoms with Crippen LogP contribution in [0.25, 0.3) is 0 Å². The number of nitrogens with zero attached hydrogens (tertiary/aromatic N) is 1. The summed E-state index contributed by atoms with van der Waals surface area (Å²) in [4.78, 5) is 0. The van der Waals surface area contributed by atoms with Crippen LogP contribution in [0.15, 0.2) is 0 Å². The Morgan fingerprint density at radius 3 is 2.15 bits per heavy atom. The zero-order valence-corrected chi connectivity index (χ0v) is 8.57. The van der Waals surface area contributed by atoms with Crippen LogP contribution in [0.2, 0.25) is 6.32 Å². The van der Waals surface area contributed by atoms with Gasteiger partial charge in [0, 0.05) is 5.92 Å². The first kappa shape index (κ1) is 12.5. The van der Waals surface area contributed by atoms with Gasteiger partial charge in [0.25, 0.3) is 0 Å². The second kappa shape index (κ2) is 6.01. The lowest BCUT2D eigenvalue weighted by Gasteiger charge is -2.18. The van der Waals surface area contributed by atoms with Gasteiger partial charge in [0.15, 0.2) is 0 Å². The number of rotatable bonds is 5. The van der Waals surface area contributed by atoms with Crippen molar-refractivity contribution in [2.45, 2.75) is 33.5 Å². The molecule has 13 heavy (non-hydrogen) atoms. The molecule has 0 aliphatic rings. The van der Waals surface area contributed by atoms with Gasteiger partial charge in [0.05, 0.1) is 6.07 Å². The van der Waals surface area contributed by atoms with E-state index in [4.69, 9.17) is 15.3 Å². The minimum absolute atomic E-state index is 0.160. The summed E-state index contributed by atoms with van der Waals surface area (Å²) in [7, 11) is -1.36. The van der Waals surface area contributed by atoms with E-state index in [1.54, 1.807) is 0 Å². The molecular formula is C9H18BNO2. The molecule has 4 heteroatoms. The minimum atomic E-state index is -1.36. The van der Waals surface area contributed by atoms with Gasteiger partial charge in [-0.25, -0.2) is 0 Å². The predicted molar refractivity (Wildman–Crippen MR) is 52.7 cm³/mol. The predicted octanol–water partition coefficient (Wildman–Crippen LogP) is 1.28. The molecule has 0 spiro atoms. The molecular weight excluding hydrogens is 165 g/mol. The van der Waals surface area contributed by atoms with E-state index in [9.17, 15) is 0 Å². The molecule has 74 valence electrons. The molecule has 0 saturated carbocycles. The van der Waals surface area contributed by atoms with E-state index >= 15 is 0 Å². The Morgan fingerprint density at radius 1 is 1.31 bits per heavy atom. The number of hydrogen-bond acceptors (Lipinski definition) is 3. The molecule has 3 nitrogen and oxygen atoms in total. The Morgan fingerprint density at radius 2 is 1.85 bits per heavy atom. The fraction of sp³-hybridized carbons (Fsp3) is 0.889. The first-order chi connectivity index (χ1) is 5.97. The molecule has 0 radical (unpaired) electrons. The molecule has 0 heterocycles. The SMILES string of the molecule is CC(C)C(C)CC(C#N)CB(O)O. The molecule has 0 aliphatic carbocycles. The summed E-state index contributed by atoms with van der Waals surface area (Å²) in [6.45, 7) is 6.29. The summed E-state index contributed by atoms with van der Waals surface area (Å²) in [6.07, 6.45) is 0.902. The number of nitriles is 1. The van der Waals surface area contributed by atoms with Gasteiger partial charge in [-0.3, -0.25) is 0 Å². The van der Waals surface area contributed by atoms with E-state index in [2.05, 4.69) is 26.8 Å². The summed E-state index contributed by atoms with van der Waals surface area (Å²) in [6, 6.07) is 2.10. The van der Waals surface area contributed by atoms with Crippen molar-refractivity contribution in [1.82, 2.24) is 0 Å². The molecule has 2 unspecified atom stereocenters. The Bertz CT molecular complexity index is 177. The van der Waals surface area contributed by atoms with E-state index in [-0.39, 0.29) is 12.2 Å². The van der Waals surface area contributed by atoms with Gasteiger partial charge < -0.3 is 10.0 Å². The van der Waals surface area contributed by atoms with Crippen molar-refractivity contribution in [3.8, 4) is 6.07 Å². The van der Waals surface area contributed by atoms with Crippen LogP contribution in [0.5, 0.6) is 0 Å². The fourth-order valence-corrected chi connectivity index (χ4v) is 1.18. The summed E-state index contributed by atoms with van der Waals surface area (Å²) in [5.74, 6) is 0.743. The number of hydrogen-bond donors (Lipinski definition) is 2. The molecule has 0 amide bonds. The van der Waals surface area contributed by atoms with Crippen molar-refractivity contribution in [3.63, 3.8) is 0 Å². The highest BCUT2D eigenvalue weighted by Gasteiger charge is 2.20. The van der Waals surface area contributed by atoms with Gasteiger partial charge in [-0.05, 0) is 24.6 Å². The van der Waals surface area contributed by atoms with Crippen LogP contribution in [0, 0.1) is 29.1 Å². The van der Waals surface area contributed by atoms with Crippen molar-refractivity contribution in [2.24, 2.45) is 17.8 Å². The first-order valence-corrected chi connectivity index (χ1v) is 4.73. The topological polar surface area (TPSA) is 64.2 Å². The van der Waals surface area contributed by atoms with Crippen LogP contribution in [-0.4, -0.2) is 17.2 Å². The van der Waals surface area contributed by atoms with Crippen LogP contribution in [0.4, 0.5) is 0 Å². The van der Waals surface area contributed by atoms with Gasteiger partial charge in [0.1, 0.15) is 0 Å². The Balaban J connectivity index is 3.92. The monoisotopic (exact) mass is 183 g/mol. The van der Waals surface area contributed by atoms with E-state index in [1.807, 2.05) is 0 Å². The largest absolute Gasteiger partial charge is 0.452 e. The summed E-state index contributed by atoms with van der Waals surface area (Å²) >= 11 is 0. The lowest BCUT2D eigenvalue weighted by molar-refractivity contribution is 0.342. The average Bonchev–Trinajstić information content (AvgIpc) is 2.02. The van der Waals surface area contributed by atoms with Crippen LogP contribution in [-0.2, 0) is 0 Å². The molecule has 2 atom stereocenters. The second-order valence-corrected chi connectivity index (χ2v) is 4.00. The smallest absolute Gasteiger partial charge is 0.427 e. The Hall–Kier alpha value is -0.525. The first-order valence-electron chi connectivity index (χ1n) is 4.73. The molecule has 0 saturated heterocycles. The van der Waals surface area contributed by atoms with Crippen molar-refractivity contribution >= 4 is 7.12 Å². The van der Waals surface area contributed by atoms with Gasteiger partial charge in [-0.1, -0.05) is 20.8 Å². The summed E-state index contributed by atoms with van der Waals surface area (Å²) in [5, 5.41) is 26.2. The third-order valence-corrected chi connectivity index (χ3v) is 2.47. The molecule has 0 rings (SSSR count).